The van der Waals surface area contributed by atoms with Crippen LogP contribution >= 0.6 is 15.9 Å². The van der Waals surface area contributed by atoms with Gasteiger partial charge in [0.05, 0.1) is 13.2 Å². The van der Waals surface area contributed by atoms with Gasteiger partial charge in [-0.25, -0.2) is 0 Å². The van der Waals surface area contributed by atoms with Crippen molar-refractivity contribution >= 4 is 15.9 Å². The minimum absolute atomic E-state index is 0.00394. The van der Waals surface area contributed by atoms with Crippen LogP contribution in [0.3, 0.4) is 0 Å². The molecule has 2 N–H and O–H groups in total. The van der Waals surface area contributed by atoms with E-state index in [1.165, 1.54) is 0 Å². The van der Waals surface area contributed by atoms with E-state index in [0.717, 1.165) is 28.0 Å². The van der Waals surface area contributed by atoms with Crippen LogP contribution in [0.2, 0.25) is 0 Å². The maximum absolute atomic E-state index is 6.26. The van der Waals surface area contributed by atoms with E-state index < -0.39 is 0 Å². The molecule has 0 spiro atoms. The maximum Gasteiger partial charge on any atom is 0.162 e. The van der Waals surface area contributed by atoms with Crippen LogP contribution in [0.25, 0.3) is 0 Å². The van der Waals surface area contributed by atoms with Crippen LogP contribution in [-0.4, -0.2) is 13.2 Å². The fourth-order valence-corrected chi connectivity index (χ4v) is 2.62. The first-order valence-corrected chi connectivity index (χ1v) is 7.63. The summed E-state index contributed by atoms with van der Waals surface area (Å²) in [6, 6.07) is 3.94. The lowest BCUT2D eigenvalue weighted by Crippen LogP contribution is -2.14. The monoisotopic (exact) mass is 329 g/mol. The standard InChI is InChI=1S/C15H24BrNO2/c1-5-18-14-8-11(13(17)7-10(3)4)12(16)9-15(14)19-6-2/h8-10,13H,5-7,17H2,1-4H3. The van der Waals surface area contributed by atoms with Crippen molar-refractivity contribution in [3.05, 3.63) is 22.2 Å². The molecule has 0 aliphatic carbocycles. The summed E-state index contributed by atoms with van der Waals surface area (Å²) in [5.74, 6) is 2.09. The van der Waals surface area contributed by atoms with Crippen molar-refractivity contribution in [2.24, 2.45) is 11.7 Å². The van der Waals surface area contributed by atoms with Gasteiger partial charge in [-0.05, 0) is 43.9 Å². The molecule has 0 saturated heterocycles. The fourth-order valence-electron chi connectivity index (χ4n) is 2.01. The Morgan fingerprint density at radius 1 is 1.11 bits per heavy atom. The number of hydrogen-bond acceptors (Lipinski definition) is 3. The largest absolute Gasteiger partial charge is 0.490 e. The van der Waals surface area contributed by atoms with Gasteiger partial charge in [-0.1, -0.05) is 29.8 Å². The van der Waals surface area contributed by atoms with Crippen LogP contribution in [0.5, 0.6) is 11.5 Å². The van der Waals surface area contributed by atoms with Crippen molar-refractivity contribution in [3.63, 3.8) is 0 Å². The van der Waals surface area contributed by atoms with Crippen LogP contribution in [-0.2, 0) is 0 Å². The van der Waals surface area contributed by atoms with E-state index >= 15 is 0 Å². The Bertz CT molecular complexity index is 407. The van der Waals surface area contributed by atoms with Gasteiger partial charge in [-0.15, -0.1) is 0 Å². The summed E-state index contributed by atoms with van der Waals surface area (Å²) in [4.78, 5) is 0. The minimum Gasteiger partial charge on any atom is -0.490 e. The summed E-state index contributed by atoms with van der Waals surface area (Å²) in [5.41, 5.74) is 7.33. The normalized spacial score (nSPS) is 12.6. The lowest BCUT2D eigenvalue weighted by atomic mass is 9.97. The maximum atomic E-state index is 6.26. The third-order valence-corrected chi connectivity index (χ3v) is 3.47. The van der Waals surface area contributed by atoms with Crippen molar-refractivity contribution < 1.29 is 9.47 Å². The van der Waals surface area contributed by atoms with Crippen LogP contribution < -0.4 is 15.2 Å². The molecule has 1 aromatic rings. The van der Waals surface area contributed by atoms with Gasteiger partial charge in [0.2, 0.25) is 0 Å². The third kappa shape index (κ3) is 4.69. The van der Waals surface area contributed by atoms with Crippen LogP contribution in [0.1, 0.15) is 45.7 Å². The van der Waals surface area contributed by atoms with Crippen LogP contribution in [0, 0.1) is 5.92 Å². The summed E-state index contributed by atoms with van der Waals surface area (Å²) >= 11 is 3.58. The highest BCUT2D eigenvalue weighted by molar-refractivity contribution is 9.10. The number of hydrogen-bond donors (Lipinski definition) is 1. The Hall–Kier alpha value is -0.740. The molecule has 3 nitrogen and oxygen atoms in total. The molecule has 4 heteroatoms. The van der Waals surface area contributed by atoms with Crippen molar-refractivity contribution in [1.82, 2.24) is 0 Å². The average Bonchev–Trinajstić information content (AvgIpc) is 2.31. The number of nitrogens with two attached hydrogens (primary N) is 1. The quantitative estimate of drug-likeness (QED) is 0.811. The second-order valence-electron chi connectivity index (χ2n) is 4.92. The smallest absolute Gasteiger partial charge is 0.162 e. The Labute approximate surface area is 124 Å². The van der Waals surface area contributed by atoms with E-state index in [9.17, 15) is 0 Å². The minimum atomic E-state index is 0.00394. The Morgan fingerprint density at radius 3 is 2.11 bits per heavy atom. The van der Waals surface area contributed by atoms with Gasteiger partial charge < -0.3 is 15.2 Å². The fraction of sp³-hybridized carbons (Fsp3) is 0.600. The summed E-state index contributed by atoms with van der Waals surface area (Å²) in [7, 11) is 0. The molecule has 19 heavy (non-hydrogen) atoms. The summed E-state index contributed by atoms with van der Waals surface area (Å²) < 4.78 is 12.2. The second kappa shape index (κ2) is 7.75. The predicted molar refractivity (Wildman–Crippen MR) is 82.9 cm³/mol. The highest BCUT2D eigenvalue weighted by Crippen LogP contribution is 2.37. The zero-order valence-corrected chi connectivity index (χ0v) is 13.8. The van der Waals surface area contributed by atoms with Gasteiger partial charge >= 0.3 is 0 Å². The molecule has 0 aliphatic rings. The lowest BCUT2D eigenvalue weighted by molar-refractivity contribution is 0.287. The molecule has 0 saturated carbocycles. The zero-order chi connectivity index (χ0) is 14.4. The van der Waals surface area contributed by atoms with Crippen molar-refractivity contribution in [3.8, 4) is 11.5 Å². The molecular weight excluding hydrogens is 306 g/mol. The summed E-state index contributed by atoms with van der Waals surface area (Å²) in [5, 5.41) is 0. The lowest BCUT2D eigenvalue weighted by Gasteiger charge is -2.19. The van der Waals surface area contributed by atoms with Crippen molar-refractivity contribution in [1.29, 1.82) is 0 Å². The highest BCUT2D eigenvalue weighted by atomic mass is 79.9. The van der Waals surface area contributed by atoms with Crippen LogP contribution in [0.15, 0.2) is 16.6 Å². The SMILES string of the molecule is CCOc1cc(Br)c(C(N)CC(C)C)cc1OCC. The molecule has 0 heterocycles. The van der Waals surface area contributed by atoms with Crippen molar-refractivity contribution in [2.75, 3.05) is 13.2 Å². The van der Waals surface area contributed by atoms with E-state index in [1.807, 2.05) is 26.0 Å². The molecule has 0 aliphatic heterocycles. The van der Waals surface area contributed by atoms with E-state index in [4.69, 9.17) is 15.2 Å². The van der Waals surface area contributed by atoms with E-state index in [0.29, 0.717) is 19.1 Å². The van der Waals surface area contributed by atoms with Gasteiger partial charge in [-0.3, -0.25) is 0 Å². The van der Waals surface area contributed by atoms with Gasteiger partial charge in [0.1, 0.15) is 0 Å². The topological polar surface area (TPSA) is 44.5 Å². The van der Waals surface area contributed by atoms with E-state index in [1.54, 1.807) is 0 Å². The number of benzene rings is 1. The molecule has 1 atom stereocenters. The average molecular weight is 330 g/mol. The first-order valence-electron chi connectivity index (χ1n) is 6.84. The van der Waals surface area contributed by atoms with E-state index in [-0.39, 0.29) is 6.04 Å². The summed E-state index contributed by atoms with van der Waals surface area (Å²) in [6.07, 6.45) is 0.943. The first kappa shape index (κ1) is 16.3. The number of ether oxygens (including phenoxy) is 2. The van der Waals surface area contributed by atoms with Gasteiger partial charge in [0, 0.05) is 10.5 Å². The van der Waals surface area contributed by atoms with Crippen LogP contribution in [0.4, 0.5) is 0 Å². The second-order valence-corrected chi connectivity index (χ2v) is 5.78. The van der Waals surface area contributed by atoms with Crippen molar-refractivity contribution in [2.45, 2.75) is 40.2 Å². The summed E-state index contributed by atoms with van der Waals surface area (Å²) in [6.45, 7) is 9.50. The molecule has 0 fully saturated rings. The highest BCUT2D eigenvalue weighted by Gasteiger charge is 2.16. The molecule has 0 amide bonds. The molecule has 0 radical (unpaired) electrons. The number of rotatable bonds is 7. The Kier molecular flexibility index (Phi) is 6.66. The Morgan fingerprint density at radius 2 is 1.63 bits per heavy atom. The molecule has 1 unspecified atom stereocenters. The molecule has 1 aromatic carbocycles. The van der Waals surface area contributed by atoms with Gasteiger partial charge in [0.25, 0.3) is 0 Å². The van der Waals surface area contributed by atoms with Gasteiger partial charge in [0.15, 0.2) is 11.5 Å². The molecule has 0 aromatic heterocycles. The molecule has 0 bridgehead atoms. The van der Waals surface area contributed by atoms with Gasteiger partial charge in [-0.2, -0.15) is 0 Å². The zero-order valence-electron chi connectivity index (χ0n) is 12.2. The molecule has 108 valence electrons. The molecular formula is C15H24BrNO2. The predicted octanol–water partition coefficient (Wildman–Crippen LogP) is 4.29. The number of halogens is 1. The first-order chi connectivity index (χ1) is 8.99. The molecule has 1 rings (SSSR count). The third-order valence-electron chi connectivity index (χ3n) is 2.79. The van der Waals surface area contributed by atoms with E-state index in [2.05, 4.69) is 29.8 Å². The Balaban J connectivity index is 3.08.